The molecule has 0 fully saturated rings. The third-order valence-corrected chi connectivity index (χ3v) is 5.73. The number of benzene rings is 2. The topological polar surface area (TPSA) is 74.1 Å². The van der Waals surface area contributed by atoms with E-state index in [9.17, 15) is 0 Å². The Labute approximate surface area is 194 Å². The molecule has 0 amide bonds. The van der Waals surface area contributed by atoms with Crippen LogP contribution < -0.4 is 14.8 Å². The van der Waals surface area contributed by atoms with E-state index in [-0.39, 0.29) is 5.92 Å². The van der Waals surface area contributed by atoms with Crippen molar-refractivity contribution in [2.75, 3.05) is 20.8 Å². The molecular formula is C26H31N5O2. The molecule has 7 heteroatoms. The first-order chi connectivity index (χ1) is 16.0. The number of hydrogen-bond donors (Lipinski definition) is 1. The molecule has 1 N–H and O–H groups in total. The highest BCUT2D eigenvalue weighted by molar-refractivity contribution is 5.78. The summed E-state index contributed by atoms with van der Waals surface area (Å²) in [6.45, 7) is 5.21. The summed E-state index contributed by atoms with van der Waals surface area (Å²) in [5.74, 6) is 1.71. The van der Waals surface area contributed by atoms with Gasteiger partial charge in [-0.15, -0.1) is 0 Å². The Morgan fingerprint density at radius 2 is 1.70 bits per heavy atom. The number of nitrogens with one attached hydrogen (secondary N) is 1. The van der Waals surface area contributed by atoms with Gasteiger partial charge in [-0.3, -0.25) is 9.67 Å². The molecule has 4 aromatic rings. The van der Waals surface area contributed by atoms with E-state index in [2.05, 4.69) is 53.5 Å². The standard InChI is InChI=1S/C26H31N5O2/c1-17(2)27-9-8-23(19-10-21(32-4)13-22(11-19)33-5)18-6-7-24-25(12-18)30-26(15-28-24)20-14-29-31(3)16-20/h6-7,10-17,23,27H,8-9H2,1-5H3. The molecule has 0 bridgehead atoms. The predicted octanol–water partition coefficient (Wildman–Crippen LogP) is 4.57. The molecule has 0 aliphatic rings. The van der Waals surface area contributed by atoms with Gasteiger partial charge in [0, 0.05) is 36.8 Å². The largest absolute Gasteiger partial charge is 0.497 e. The fourth-order valence-electron chi connectivity index (χ4n) is 4.01. The van der Waals surface area contributed by atoms with Crippen LogP contribution in [0.4, 0.5) is 0 Å². The van der Waals surface area contributed by atoms with Gasteiger partial charge in [-0.2, -0.15) is 5.10 Å². The monoisotopic (exact) mass is 445 g/mol. The Kier molecular flexibility index (Phi) is 6.89. The molecule has 0 aliphatic heterocycles. The average Bonchev–Trinajstić information content (AvgIpc) is 3.26. The van der Waals surface area contributed by atoms with E-state index in [0.29, 0.717) is 6.04 Å². The van der Waals surface area contributed by atoms with Crippen molar-refractivity contribution < 1.29 is 9.47 Å². The molecule has 2 aromatic carbocycles. The Bertz CT molecular complexity index is 1210. The van der Waals surface area contributed by atoms with Crippen molar-refractivity contribution in [3.8, 4) is 22.8 Å². The molecule has 0 saturated heterocycles. The van der Waals surface area contributed by atoms with Crippen molar-refractivity contribution in [3.05, 3.63) is 66.1 Å². The maximum atomic E-state index is 5.54. The summed E-state index contributed by atoms with van der Waals surface area (Å²) < 4.78 is 12.8. The summed E-state index contributed by atoms with van der Waals surface area (Å²) in [6, 6.07) is 12.8. The van der Waals surface area contributed by atoms with Crippen LogP contribution in [0, 0.1) is 0 Å². The lowest BCUT2D eigenvalue weighted by molar-refractivity contribution is 0.392. The second-order valence-electron chi connectivity index (χ2n) is 8.50. The predicted molar refractivity (Wildman–Crippen MR) is 131 cm³/mol. The van der Waals surface area contributed by atoms with Gasteiger partial charge in [0.15, 0.2) is 0 Å². The van der Waals surface area contributed by atoms with E-state index in [1.807, 2.05) is 31.6 Å². The maximum Gasteiger partial charge on any atom is 0.122 e. The number of nitrogens with zero attached hydrogens (tertiary/aromatic N) is 4. The summed E-state index contributed by atoms with van der Waals surface area (Å²) in [6.07, 6.45) is 6.48. The number of aryl methyl sites for hydroxylation is 1. The normalized spacial score (nSPS) is 12.3. The third kappa shape index (κ3) is 5.31. The molecule has 4 rings (SSSR count). The Morgan fingerprint density at radius 1 is 0.939 bits per heavy atom. The van der Waals surface area contributed by atoms with Gasteiger partial charge in [-0.05, 0) is 48.4 Å². The highest BCUT2D eigenvalue weighted by Gasteiger charge is 2.18. The van der Waals surface area contributed by atoms with Crippen LogP contribution in [0.1, 0.15) is 37.3 Å². The molecule has 1 atom stereocenters. The van der Waals surface area contributed by atoms with Gasteiger partial charge in [-0.25, -0.2) is 4.98 Å². The van der Waals surface area contributed by atoms with Crippen LogP contribution in [0.5, 0.6) is 11.5 Å². The number of methoxy groups -OCH3 is 2. The lowest BCUT2D eigenvalue weighted by Gasteiger charge is -2.21. The van der Waals surface area contributed by atoms with Crippen molar-refractivity contribution in [2.24, 2.45) is 7.05 Å². The van der Waals surface area contributed by atoms with Crippen LogP contribution in [-0.2, 0) is 7.05 Å². The average molecular weight is 446 g/mol. The summed E-state index contributed by atoms with van der Waals surface area (Å²) in [5.41, 5.74) is 5.83. The number of ether oxygens (including phenoxy) is 2. The van der Waals surface area contributed by atoms with Gasteiger partial charge in [0.05, 0.1) is 43.3 Å². The molecular weight excluding hydrogens is 414 g/mol. The van der Waals surface area contributed by atoms with Crippen molar-refractivity contribution in [3.63, 3.8) is 0 Å². The van der Waals surface area contributed by atoms with Crippen LogP contribution in [0.15, 0.2) is 55.0 Å². The van der Waals surface area contributed by atoms with E-state index < -0.39 is 0 Å². The number of rotatable bonds is 9. The summed E-state index contributed by atoms with van der Waals surface area (Å²) in [4.78, 5) is 9.52. The van der Waals surface area contributed by atoms with Crippen molar-refractivity contribution in [1.29, 1.82) is 0 Å². The van der Waals surface area contributed by atoms with E-state index >= 15 is 0 Å². The molecule has 0 radical (unpaired) electrons. The maximum absolute atomic E-state index is 5.54. The lowest BCUT2D eigenvalue weighted by atomic mass is 9.87. The van der Waals surface area contributed by atoms with Crippen LogP contribution in [0.2, 0.25) is 0 Å². The van der Waals surface area contributed by atoms with E-state index in [1.165, 1.54) is 5.56 Å². The van der Waals surface area contributed by atoms with Crippen LogP contribution in [0.3, 0.4) is 0 Å². The Balaban J connectivity index is 1.76. The zero-order valence-electron chi connectivity index (χ0n) is 19.9. The van der Waals surface area contributed by atoms with E-state index in [4.69, 9.17) is 14.5 Å². The first kappa shape index (κ1) is 22.7. The van der Waals surface area contributed by atoms with Crippen molar-refractivity contribution >= 4 is 11.0 Å². The molecule has 2 heterocycles. The first-order valence-electron chi connectivity index (χ1n) is 11.2. The lowest BCUT2D eigenvalue weighted by Crippen LogP contribution is -2.25. The summed E-state index contributed by atoms with van der Waals surface area (Å²) >= 11 is 0. The zero-order chi connectivity index (χ0) is 23.4. The molecule has 33 heavy (non-hydrogen) atoms. The first-order valence-corrected chi connectivity index (χ1v) is 11.2. The molecule has 2 aromatic heterocycles. The van der Waals surface area contributed by atoms with Gasteiger partial charge < -0.3 is 14.8 Å². The number of hydrogen-bond acceptors (Lipinski definition) is 6. The van der Waals surface area contributed by atoms with Crippen LogP contribution in [0.25, 0.3) is 22.3 Å². The van der Waals surface area contributed by atoms with Gasteiger partial charge in [0.25, 0.3) is 0 Å². The van der Waals surface area contributed by atoms with Crippen LogP contribution in [-0.4, -0.2) is 46.6 Å². The quantitative estimate of drug-likeness (QED) is 0.407. The Hall–Kier alpha value is -3.45. The second kappa shape index (κ2) is 10.0. The van der Waals surface area contributed by atoms with E-state index in [0.717, 1.165) is 52.3 Å². The van der Waals surface area contributed by atoms with Gasteiger partial charge in [-0.1, -0.05) is 19.9 Å². The summed E-state index contributed by atoms with van der Waals surface area (Å²) in [5, 5.41) is 7.80. The van der Waals surface area contributed by atoms with Gasteiger partial charge in [0.1, 0.15) is 11.5 Å². The third-order valence-electron chi connectivity index (χ3n) is 5.73. The molecule has 1 unspecified atom stereocenters. The Morgan fingerprint density at radius 3 is 2.33 bits per heavy atom. The van der Waals surface area contributed by atoms with Crippen molar-refractivity contribution in [1.82, 2.24) is 25.1 Å². The SMILES string of the molecule is COc1cc(OC)cc(C(CCNC(C)C)c2ccc3ncc(-c4cnn(C)c4)nc3c2)c1. The number of aromatic nitrogens is 4. The summed E-state index contributed by atoms with van der Waals surface area (Å²) in [7, 11) is 5.26. The second-order valence-corrected chi connectivity index (χ2v) is 8.50. The molecule has 0 aliphatic carbocycles. The minimum atomic E-state index is 0.147. The molecule has 0 saturated carbocycles. The highest BCUT2D eigenvalue weighted by Crippen LogP contribution is 2.34. The molecule has 0 spiro atoms. The number of fused-ring (bicyclic) bond motifs is 1. The minimum absolute atomic E-state index is 0.147. The van der Waals surface area contributed by atoms with Crippen molar-refractivity contribution in [2.45, 2.75) is 32.2 Å². The molecule has 7 nitrogen and oxygen atoms in total. The zero-order valence-corrected chi connectivity index (χ0v) is 19.9. The smallest absolute Gasteiger partial charge is 0.122 e. The fraction of sp³-hybridized carbons (Fsp3) is 0.346. The highest BCUT2D eigenvalue weighted by atomic mass is 16.5. The van der Waals surface area contributed by atoms with E-state index in [1.54, 1.807) is 25.1 Å². The fourth-order valence-corrected chi connectivity index (χ4v) is 4.01. The van der Waals surface area contributed by atoms with Gasteiger partial charge >= 0.3 is 0 Å². The minimum Gasteiger partial charge on any atom is -0.497 e. The van der Waals surface area contributed by atoms with Crippen LogP contribution >= 0.6 is 0 Å². The van der Waals surface area contributed by atoms with Gasteiger partial charge in [0.2, 0.25) is 0 Å². The molecule has 172 valence electrons.